The van der Waals surface area contributed by atoms with Crippen molar-refractivity contribution in [2.45, 2.75) is 19.8 Å². The minimum Gasteiger partial charge on any atom is -0.495 e. The van der Waals surface area contributed by atoms with Crippen LogP contribution in [0.4, 0.5) is 11.5 Å². The predicted molar refractivity (Wildman–Crippen MR) is 104 cm³/mol. The number of halogens is 1. The van der Waals surface area contributed by atoms with Crippen molar-refractivity contribution >= 4 is 28.9 Å². The molecule has 0 bridgehead atoms. The normalized spacial score (nSPS) is 11.1. The molecule has 0 fully saturated rings. The van der Waals surface area contributed by atoms with Crippen molar-refractivity contribution in [3.05, 3.63) is 53.4 Å². The number of furan rings is 1. The molecular formula is C19H18ClN5O2. The number of nitrogens with one attached hydrogen (secondary N) is 1. The molecule has 138 valence electrons. The average molecular weight is 384 g/mol. The quantitative estimate of drug-likeness (QED) is 0.518. The van der Waals surface area contributed by atoms with Crippen LogP contribution >= 0.6 is 11.6 Å². The molecule has 0 unspecified atom stereocenters. The molecule has 0 saturated carbocycles. The first-order valence-corrected chi connectivity index (χ1v) is 8.97. The van der Waals surface area contributed by atoms with Crippen LogP contribution in [0.5, 0.6) is 5.75 Å². The van der Waals surface area contributed by atoms with E-state index in [0.29, 0.717) is 28.1 Å². The van der Waals surface area contributed by atoms with Gasteiger partial charge < -0.3 is 14.5 Å². The number of hydrogen-bond donors (Lipinski definition) is 1. The zero-order valence-corrected chi connectivity index (χ0v) is 15.7. The fraction of sp³-hybridized carbons (Fsp3) is 0.211. The summed E-state index contributed by atoms with van der Waals surface area (Å²) < 4.78 is 12.3. The Balaban J connectivity index is 1.78. The van der Waals surface area contributed by atoms with Crippen LogP contribution in [-0.4, -0.2) is 26.7 Å². The first kappa shape index (κ1) is 17.4. The third kappa shape index (κ3) is 3.46. The predicted octanol–water partition coefficient (Wildman–Crippen LogP) is 4.74. The van der Waals surface area contributed by atoms with Crippen LogP contribution in [0.15, 0.2) is 47.1 Å². The number of methoxy groups -OCH3 is 1. The van der Waals surface area contributed by atoms with Crippen LogP contribution < -0.4 is 10.1 Å². The summed E-state index contributed by atoms with van der Waals surface area (Å²) in [5, 5.41) is 8.41. The van der Waals surface area contributed by atoms with Gasteiger partial charge in [-0.3, -0.25) is 0 Å². The zero-order valence-electron chi connectivity index (χ0n) is 14.9. The van der Waals surface area contributed by atoms with E-state index in [0.717, 1.165) is 30.0 Å². The maximum atomic E-state index is 6.24. The Hall–Kier alpha value is -3.06. The Bertz CT molecular complexity index is 1080. The number of hydrogen-bond acceptors (Lipinski definition) is 6. The van der Waals surface area contributed by atoms with Gasteiger partial charge in [0.2, 0.25) is 5.82 Å². The number of fused-ring (bicyclic) bond motifs is 1. The van der Waals surface area contributed by atoms with Gasteiger partial charge in [-0.25, -0.2) is 4.98 Å². The second-order valence-corrected chi connectivity index (χ2v) is 6.39. The molecule has 0 spiro atoms. The van der Waals surface area contributed by atoms with Gasteiger partial charge in [-0.1, -0.05) is 24.9 Å². The third-order valence-corrected chi connectivity index (χ3v) is 4.33. The molecule has 4 rings (SSSR count). The SMILES string of the molecule is CCCc1cc(Nc2ccc(OC)c(Cl)c2)n2nc(-c3ccco3)nc2n1. The molecule has 0 aliphatic carbocycles. The van der Waals surface area contributed by atoms with Gasteiger partial charge in [0.25, 0.3) is 5.78 Å². The van der Waals surface area contributed by atoms with Crippen molar-refractivity contribution in [2.24, 2.45) is 0 Å². The van der Waals surface area contributed by atoms with E-state index in [1.54, 1.807) is 30.0 Å². The van der Waals surface area contributed by atoms with Crippen molar-refractivity contribution in [1.29, 1.82) is 0 Å². The highest BCUT2D eigenvalue weighted by atomic mass is 35.5. The van der Waals surface area contributed by atoms with Gasteiger partial charge >= 0.3 is 0 Å². The van der Waals surface area contributed by atoms with E-state index in [1.165, 1.54) is 0 Å². The van der Waals surface area contributed by atoms with Crippen molar-refractivity contribution in [3.8, 4) is 17.3 Å². The highest BCUT2D eigenvalue weighted by Gasteiger charge is 2.14. The first-order valence-electron chi connectivity index (χ1n) is 8.59. The minimum absolute atomic E-state index is 0.483. The van der Waals surface area contributed by atoms with Gasteiger partial charge in [-0.2, -0.15) is 9.50 Å². The monoisotopic (exact) mass is 383 g/mol. The highest BCUT2D eigenvalue weighted by Crippen LogP contribution is 2.29. The molecule has 7 nitrogen and oxygen atoms in total. The molecule has 0 amide bonds. The summed E-state index contributed by atoms with van der Waals surface area (Å²) in [7, 11) is 1.59. The van der Waals surface area contributed by atoms with Gasteiger partial charge in [-0.15, -0.1) is 5.10 Å². The van der Waals surface area contributed by atoms with Crippen LogP contribution in [-0.2, 0) is 6.42 Å². The summed E-state index contributed by atoms with van der Waals surface area (Å²) in [6, 6.07) is 11.1. The number of benzene rings is 1. The van der Waals surface area contributed by atoms with Gasteiger partial charge in [0.1, 0.15) is 11.6 Å². The molecule has 0 aliphatic heterocycles. The fourth-order valence-corrected chi connectivity index (χ4v) is 3.05. The highest BCUT2D eigenvalue weighted by molar-refractivity contribution is 6.32. The topological polar surface area (TPSA) is 77.5 Å². The van der Waals surface area contributed by atoms with E-state index in [9.17, 15) is 0 Å². The van der Waals surface area contributed by atoms with Crippen LogP contribution in [0.25, 0.3) is 17.4 Å². The van der Waals surface area contributed by atoms with Gasteiger partial charge in [0.15, 0.2) is 5.76 Å². The standard InChI is InChI=1S/C19H18ClN5O2/c1-3-5-12-11-17(21-13-7-8-15(26-2)14(20)10-13)25-19(22-12)23-18(24-25)16-6-4-9-27-16/h4,6-11,21H,3,5H2,1-2H3. The van der Waals surface area contributed by atoms with Crippen molar-refractivity contribution in [1.82, 2.24) is 19.6 Å². The molecule has 8 heteroatoms. The van der Waals surface area contributed by atoms with Crippen molar-refractivity contribution in [3.63, 3.8) is 0 Å². The van der Waals surface area contributed by atoms with E-state index in [2.05, 4.69) is 27.3 Å². The van der Waals surface area contributed by atoms with E-state index < -0.39 is 0 Å². The molecule has 4 aromatic rings. The largest absolute Gasteiger partial charge is 0.495 e. The van der Waals surface area contributed by atoms with Gasteiger partial charge in [0, 0.05) is 17.4 Å². The Labute approximate surface area is 161 Å². The number of aryl methyl sites for hydroxylation is 1. The molecular weight excluding hydrogens is 366 g/mol. The fourth-order valence-electron chi connectivity index (χ4n) is 2.79. The van der Waals surface area contributed by atoms with E-state index >= 15 is 0 Å². The van der Waals surface area contributed by atoms with Crippen molar-refractivity contribution in [2.75, 3.05) is 12.4 Å². The first-order chi connectivity index (χ1) is 13.2. The number of ether oxygens (including phenoxy) is 1. The lowest BCUT2D eigenvalue weighted by molar-refractivity contribution is 0.415. The van der Waals surface area contributed by atoms with Gasteiger partial charge in [0.05, 0.1) is 18.4 Å². The molecule has 0 saturated heterocycles. The van der Waals surface area contributed by atoms with Crippen LogP contribution in [0.1, 0.15) is 19.0 Å². The molecule has 0 atom stereocenters. The maximum absolute atomic E-state index is 6.24. The van der Waals surface area contributed by atoms with Crippen LogP contribution in [0, 0.1) is 0 Å². The molecule has 0 radical (unpaired) electrons. The zero-order chi connectivity index (χ0) is 18.8. The third-order valence-electron chi connectivity index (χ3n) is 4.04. The Kier molecular flexibility index (Phi) is 4.68. The maximum Gasteiger partial charge on any atom is 0.255 e. The van der Waals surface area contributed by atoms with Crippen molar-refractivity contribution < 1.29 is 9.15 Å². The number of rotatable bonds is 6. The Morgan fingerprint density at radius 3 is 2.81 bits per heavy atom. The summed E-state index contributed by atoms with van der Waals surface area (Å²) in [6.45, 7) is 2.11. The van der Waals surface area contributed by atoms with Gasteiger partial charge in [-0.05, 0) is 36.8 Å². The minimum atomic E-state index is 0.483. The summed E-state index contributed by atoms with van der Waals surface area (Å²) in [5.41, 5.74) is 1.75. The lowest BCUT2D eigenvalue weighted by atomic mass is 10.2. The molecule has 3 heterocycles. The number of anilines is 2. The molecule has 3 aromatic heterocycles. The lowest BCUT2D eigenvalue weighted by Gasteiger charge is -2.11. The molecule has 1 N–H and O–H groups in total. The molecule has 1 aromatic carbocycles. The summed E-state index contributed by atoms with van der Waals surface area (Å²) >= 11 is 6.24. The smallest absolute Gasteiger partial charge is 0.255 e. The van der Waals surface area contributed by atoms with E-state index in [-0.39, 0.29) is 0 Å². The lowest BCUT2D eigenvalue weighted by Crippen LogP contribution is -2.04. The summed E-state index contributed by atoms with van der Waals surface area (Å²) in [5.74, 6) is 2.95. The number of nitrogens with zero attached hydrogens (tertiary/aromatic N) is 4. The number of aromatic nitrogens is 4. The second-order valence-electron chi connectivity index (χ2n) is 5.98. The van der Waals surface area contributed by atoms with E-state index in [1.807, 2.05) is 24.3 Å². The summed E-state index contributed by atoms with van der Waals surface area (Å²) in [6.07, 6.45) is 3.42. The second kappa shape index (κ2) is 7.28. The van der Waals surface area contributed by atoms with Crippen LogP contribution in [0.2, 0.25) is 5.02 Å². The Morgan fingerprint density at radius 1 is 1.22 bits per heavy atom. The summed E-state index contributed by atoms with van der Waals surface area (Å²) in [4.78, 5) is 9.11. The molecule has 0 aliphatic rings. The average Bonchev–Trinajstić information content (AvgIpc) is 3.31. The Morgan fingerprint density at radius 2 is 2.11 bits per heavy atom. The van der Waals surface area contributed by atoms with Crippen LogP contribution in [0.3, 0.4) is 0 Å². The molecule has 27 heavy (non-hydrogen) atoms. The van der Waals surface area contributed by atoms with E-state index in [4.69, 9.17) is 20.8 Å².